The van der Waals surface area contributed by atoms with E-state index in [1.54, 1.807) is 0 Å². The molecule has 1 nitrogen and oxygen atoms in total. The molecule has 0 saturated carbocycles. The van der Waals surface area contributed by atoms with Crippen LogP contribution in [0.25, 0.3) is 0 Å². The molecular formula is C9H25ClNPSi. The zero-order valence-electron chi connectivity index (χ0n) is 10.1. The van der Waals surface area contributed by atoms with Crippen molar-refractivity contribution in [3.05, 3.63) is 0 Å². The number of hydrogen-bond acceptors (Lipinski definition) is 1. The van der Waals surface area contributed by atoms with Crippen LogP contribution >= 0.6 is 19.2 Å². The minimum Gasteiger partial charge on any atom is -0.333 e. The predicted molar refractivity (Wildman–Crippen MR) is 70.9 cm³/mol. The molecule has 0 aromatic carbocycles. The molecule has 13 heavy (non-hydrogen) atoms. The molecule has 0 bridgehead atoms. The molecule has 0 rings (SSSR count). The molecule has 0 radical (unpaired) electrons. The maximum absolute atomic E-state index is 5.21. The zero-order chi connectivity index (χ0) is 11.1. The normalized spacial score (nSPS) is 12.9. The lowest BCUT2D eigenvalue weighted by Crippen LogP contribution is -2.52. The molecule has 0 spiro atoms. The molecule has 1 N–H and O–H groups in total. The van der Waals surface area contributed by atoms with Crippen LogP contribution in [0.1, 0.15) is 27.7 Å². The Balaban J connectivity index is 0. The second-order valence-electron chi connectivity index (χ2n) is 5.11. The van der Waals surface area contributed by atoms with E-state index in [1.807, 2.05) is 0 Å². The quantitative estimate of drug-likeness (QED) is 0.568. The molecule has 0 aliphatic rings. The summed E-state index contributed by atoms with van der Waals surface area (Å²) in [5, 5.41) is 0. The van der Waals surface area contributed by atoms with Gasteiger partial charge in [-0.15, -0.1) is 11.2 Å². The van der Waals surface area contributed by atoms with Gasteiger partial charge in [0, 0.05) is 5.54 Å². The predicted octanol–water partition coefficient (Wildman–Crippen LogP) is 4.05. The minimum atomic E-state index is -1.04. The van der Waals surface area contributed by atoms with Gasteiger partial charge in [0.05, 0.1) is 0 Å². The van der Waals surface area contributed by atoms with Crippen molar-refractivity contribution >= 4 is 27.4 Å². The van der Waals surface area contributed by atoms with Crippen LogP contribution in [0.5, 0.6) is 0 Å². The van der Waals surface area contributed by atoms with Crippen molar-refractivity contribution in [1.29, 1.82) is 0 Å². The van der Waals surface area contributed by atoms with Gasteiger partial charge in [0.2, 0.25) is 0 Å². The summed E-state index contributed by atoms with van der Waals surface area (Å²) in [6.45, 7) is 15.7. The largest absolute Gasteiger partial charge is 0.333 e. The second kappa shape index (κ2) is 7.22. The molecule has 0 aromatic heterocycles. The molecular weight excluding hydrogens is 217 g/mol. The van der Waals surface area contributed by atoms with E-state index in [2.05, 4.69) is 52.3 Å². The van der Waals surface area contributed by atoms with Crippen LogP contribution in [0.15, 0.2) is 0 Å². The van der Waals surface area contributed by atoms with Crippen molar-refractivity contribution < 1.29 is 0 Å². The Kier molecular flexibility index (Phi) is 9.07. The summed E-state index contributed by atoms with van der Waals surface area (Å²) in [5.41, 5.74) is 0.296. The third kappa shape index (κ3) is 24.6. The molecule has 0 aliphatic heterocycles. The SMILES string of the molecule is CC(C)(C)N[Si](C)(C)C.CCPCl. The highest BCUT2D eigenvalue weighted by molar-refractivity contribution is 7.68. The lowest BCUT2D eigenvalue weighted by Gasteiger charge is -2.30. The third-order valence-electron chi connectivity index (χ3n) is 0.884. The molecule has 0 fully saturated rings. The monoisotopic (exact) mass is 241 g/mol. The zero-order valence-corrected chi connectivity index (χ0v) is 12.8. The van der Waals surface area contributed by atoms with Gasteiger partial charge >= 0.3 is 0 Å². The smallest absolute Gasteiger partial charge is 0.116 e. The summed E-state index contributed by atoms with van der Waals surface area (Å²) in [5.74, 6) is 0. The van der Waals surface area contributed by atoms with Gasteiger partial charge in [-0.1, -0.05) is 26.6 Å². The fraction of sp³-hybridized carbons (Fsp3) is 1.00. The lowest BCUT2D eigenvalue weighted by molar-refractivity contribution is 0.513. The summed E-state index contributed by atoms with van der Waals surface area (Å²) < 4.78 is 0. The molecule has 0 saturated heterocycles. The van der Waals surface area contributed by atoms with Crippen molar-refractivity contribution in [3.8, 4) is 0 Å². The first-order valence-electron chi connectivity index (χ1n) is 4.75. The highest BCUT2D eigenvalue weighted by Gasteiger charge is 2.20. The van der Waals surface area contributed by atoms with Gasteiger partial charge in [-0.3, -0.25) is 0 Å². The Bertz CT molecular complexity index is 104. The fourth-order valence-electron chi connectivity index (χ4n) is 1.12. The van der Waals surface area contributed by atoms with Crippen LogP contribution in [0.3, 0.4) is 0 Å². The van der Waals surface area contributed by atoms with Crippen molar-refractivity contribution in [2.75, 3.05) is 6.16 Å². The molecule has 1 atom stereocenters. The first-order valence-corrected chi connectivity index (χ1v) is 10.5. The Morgan fingerprint density at radius 3 is 1.54 bits per heavy atom. The maximum atomic E-state index is 5.21. The van der Waals surface area contributed by atoms with E-state index in [-0.39, 0.29) is 0 Å². The number of hydrogen-bond donors (Lipinski definition) is 1. The van der Waals surface area contributed by atoms with E-state index in [9.17, 15) is 0 Å². The van der Waals surface area contributed by atoms with Crippen LogP contribution in [0.4, 0.5) is 0 Å². The Morgan fingerprint density at radius 1 is 1.23 bits per heavy atom. The van der Waals surface area contributed by atoms with Gasteiger partial charge in [-0.05, 0) is 34.9 Å². The van der Waals surface area contributed by atoms with Crippen molar-refractivity contribution in [3.63, 3.8) is 0 Å². The van der Waals surface area contributed by atoms with Gasteiger partial charge in [-0.2, -0.15) is 0 Å². The first-order chi connectivity index (χ1) is 5.62. The molecule has 4 heteroatoms. The van der Waals surface area contributed by atoms with Crippen molar-refractivity contribution in [2.24, 2.45) is 0 Å². The van der Waals surface area contributed by atoms with Gasteiger partial charge in [0.25, 0.3) is 0 Å². The van der Waals surface area contributed by atoms with Crippen LogP contribution in [-0.2, 0) is 0 Å². The van der Waals surface area contributed by atoms with E-state index in [1.165, 1.54) is 0 Å². The summed E-state index contributed by atoms with van der Waals surface area (Å²) in [4.78, 5) is 3.60. The van der Waals surface area contributed by atoms with Crippen LogP contribution in [0, 0.1) is 0 Å². The molecule has 0 aromatic rings. The Hall–Kier alpha value is 0.897. The highest BCUT2D eigenvalue weighted by atomic mass is 35.7. The average molecular weight is 242 g/mol. The molecule has 1 unspecified atom stereocenters. The molecule has 82 valence electrons. The van der Waals surface area contributed by atoms with Crippen molar-refractivity contribution in [2.45, 2.75) is 52.9 Å². The topological polar surface area (TPSA) is 12.0 Å². The van der Waals surface area contributed by atoms with Crippen LogP contribution in [-0.4, -0.2) is 19.9 Å². The minimum absolute atomic E-state index is 0.296. The van der Waals surface area contributed by atoms with Gasteiger partial charge in [-0.25, -0.2) is 0 Å². The summed E-state index contributed by atoms with van der Waals surface area (Å²) in [7, 11) is -0.430. The van der Waals surface area contributed by atoms with Gasteiger partial charge < -0.3 is 4.98 Å². The Morgan fingerprint density at radius 2 is 1.54 bits per heavy atom. The fourth-order valence-corrected chi connectivity index (χ4v) is 3.38. The standard InChI is InChI=1S/C7H19NSi.C2H6ClP/c1-7(2,3)8-9(4,5)6;1-2-4-3/h8H,1-6H3;4H,2H2,1H3. The highest BCUT2D eigenvalue weighted by Crippen LogP contribution is 2.12. The summed E-state index contributed by atoms with van der Waals surface area (Å²) in [6, 6.07) is 0. The second-order valence-corrected chi connectivity index (χ2v) is 11.6. The average Bonchev–Trinajstić information content (AvgIpc) is 1.80. The van der Waals surface area contributed by atoms with Gasteiger partial charge in [0.15, 0.2) is 0 Å². The molecule has 0 amide bonds. The first kappa shape index (κ1) is 16.3. The van der Waals surface area contributed by atoms with E-state index in [0.29, 0.717) is 13.5 Å². The lowest BCUT2D eigenvalue weighted by atomic mass is 10.1. The third-order valence-corrected chi connectivity index (χ3v) is 3.45. The van der Waals surface area contributed by atoms with Crippen LogP contribution < -0.4 is 4.98 Å². The number of nitrogens with one attached hydrogen (secondary N) is 1. The van der Waals surface area contributed by atoms with E-state index in [4.69, 9.17) is 11.2 Å². The summed E-state index contributed by atoms with van der Waals surface area (Å²) in [6.07, 6.45) is 1.11. The van der Waals surface area contributed by atoms with Crippen molar-refractivity contribution in [1.82, 2.24) is 4.98 Å². The van der Waals surface area contributed by atoms with E-state index >= 15 is 0 Å². The number of halogens is 1. The molecule has 0 aliphatic carbocycles. The molecule has 0 heterocycles. The summed E-state index contributed by atoms with van der Waals surface area (Å²) >= 11 is 5.21. The maximum Gasteiger partial charge on any atom is 0.116 e. The Labute approximate surface area is 91.7 Å². The number of rotatable bonds is 2. The van der Waals surface area contributed by atoms with Crippen LogP contribution in [0.2, 0.25) is 19.6 Å². The van der Waals surface area contributed by atoms with E-state index in [0.717, 1.165) is 6.16 Å². The van der Waals surface area contributed by atoms with Gasteiger partial charge in [0.1, 0.15) is 8.24 Å². The van der Waals surface area contributed by atoms with E-state index < -0.39 is 8.24 Å².